The molecule has 88 valence electrons. The van der Waals surface area contributed by atoms with Crippen molar-refractivity contribution < 1.29 is 0 Å². The second kappa shape index (κ2) is 6.54. The third-order valence-electron chi connectivity index (χ3n) is 2.68. The number of anilines is 1. The molecule has 0 aliphatic heterocycles. The molecule has 0 atom stereocenters. The Morgan fingerprint density at radius 2 is 1.59 bits per heavy atom. The van der Waals surface area contributed by atoms with Crippen LogP contribution in [-0.2, 0) is 0 Å². The van der Waals surface area contributed by atoms with Crippen LogP contribution in [-0.4, -0.2) is 0 Å². The molecule has 0 saturated heterocycles. The highest BCUT2D eigenvalue weighted by atomic mass is 14.5. The Morgan fingerprint density at radius 3 is 2.00 bits per heavy atom. The third kappa shape index (κ3) is 4.15. The third-order valence-corrected chi connectivity index (χ3v) is 2.68. The van der Waals surface area contributed by atoms with E-state index in [9.17, 15) is 0 Å². The summed E-state index contributed by atoms with van der Waals surface area (Å²) in [5.74, 6) is 0. The van der Waals surface area contributed by atoms with Gasteiger partial charge in [-0.3, -0.25) is 0 Å². The van der Waals surface area contributed by atoms with E-state index in [4.69, 9.17) is 5.73 Å². The quantitative estimate of drug-likeness (QED) is 0.723. The summed E-state index contributed by atoms with van der Waals surface area (Å²) in [6.07, 6.45) is 1.83. The van der Waals surface area contributed by atoms with Crippen molar-refractivity contribution in [3.63, 3.8) is 0 Å². The molecule has 0 aliphatic rings. The fourth-order valence-corrected chi connectivity index (χ4v) is 1.36. The molecule has 0 fully saturated rings. The van der Waals surface area contributed by atoms with Gasteiger partial charge in [0.25, 0.3) is 0 Å². The van der Waals surface area contributed by atoms with Crippen molar-refractivity contribution in [1.29, 1.82) is 0 Å². The number of nitrogens with two attached hydrogens (primary N) is 1. The lowest BCUT2D eigenvalue weighted by Gasteiger charge is -2.00. The maximum absolute atomic E-state index is 5.62. The Labute approximate surface area is 104 Å². The lowest BCUT2D eigenvalue weighted by Crippen LogP contribution is -1.90. The van der Waals surface area contributed by atoms with Gasteiger partial charge in [0.15, 0.2) is 0 Å². The minimum absolute atomic E-state index is 0.884. The highest BCUT2D eigenvalue weighted by Crippen LogP contribution is 2.13. The molecule has 2 N–H and O–H groups in total. The minimum Gasteiger partial charge on any atom is -0.399 e. The average molecular weight is 225 g/mol. The van der Waals surface area contributed by atoms with E-state index in [2.05, 4.69) is 19.6 Å². The van der Waals surface area contributed by atoms with Gasteiger partial charge >= 0.3 is 0 Å². The molecule has 1 heteroatoms. The molecule has 0 saturated carbocycles. The zero-order valence-electron chi connectivity index (χ0n) is 10.5. The summed E-state index contributed by atoms with van der Waals surface area (Å²) in [6, 6.07) is 16.0. The van der Waals surface area contributed by atoms with Crippen LogP contribution in [0.3, 0.4) is 0 Å². The normalized spacial score (nSPS) is 9.06. The second-order valence-corrected chi connectivity index (χ2v) is 3.90. The number of nitrogen functional groups attached to an aromatic ring is 1. The summed E-state index contributed by atoms with van der Waals surface area (Å²) in [4.78, 5) is 0. The highest BCUT2D eigenvalue weighted by molar-refractivity contribution is 5.49. The lowest BCUT2D eigenvalue weighted by molar-refractivity contribution is 1.35. The van der Waals surface area contributed by atoms with E-state index < -0.39 is 0 Å². The SMILES string of the molecule is C=Cc1ccccc1.Cc1cccc(N)c1C. The van der Waals surface area contributed by atoms with E-state index in [1.165, 1.54) is 16.7 Å². The van der Waals surface area contributed by atoms with Gasteiger partial charge in [-0.25, -0.2) is 0 Å². The Morgan fingerprint density at radius 1 is 0.941 bits per heavy atom. The summed E-state index contributed by atoms with van der Waals surface area (Å²) < 4.78 is 0. The van der Waals surface area contributed by atoms with Gasteiger partial charge in [0, 0.05) is 5.69 Å². The molecule has 1 nitrogen and oxygen atoms in total. The van der Waals surface area contributed by atoms with Gasteiger partial charge < -0.3 is 5.73 Å². The van der Waals surface area contributed by atoms with Crippen LogP contribution in [0.1, 0.15) is 16.7 Å². The Kier molecular flexibility index (Phi) is 5.02. The van der Waals surface area contributed by atoms with E-state index in [1.54, 1.807) is 0 Å². The standard InChI is InChI=1S/C8H11N.C8H8/c1-6-4-3-5-8(9)7(6)2;1-2-8-6-4-3-5-7-8/h3-5H,9H2,1-2H3;2-7H,1H2. The molecular formula is C16H19N. The van der Waals surface area contributed by atoms with Crippen LogP contribution < -0.4 is 5.73 Å². The minimum atomic E-state index is 0.884. The van der Waals surface area contributed by atoms with Crippen molar-refractivity contribution in [1.82, 2.24) is 0 Å². The van der Waals surface area contributed by atoms with Crippen LogP contribution in [0.2, 0.25) is 0 Å². The van der Waals surface area contributed by atoms with Gasteiger partial charge in [-0.1, -0.05) is 55.1 Å². The van der Waals surface area contributed by atoms with Gasteiger partial charge in [0.2, 0.25) is 0 Å². The van der Waals surface area contributed by atoms with Crippen LogP contribution >= 0.6 is 0 Å². The van der Waals surface area contributed by atoms with Crippen molar-refractivity contribution in [2.75, 3.05) is 5.73 Å². The molecule has 0 unspecified atom stereocenters. The summed E-state index contributed by atoms with van der Waals surface area (Å²) >= 11 is 0. The summed E-state index contributed by atoms with van der Waals surface area (Å²) in [6.45, 7) is 7.72. The van der Waals surface area contributed by atoms with E-state index in [0.29, 0.717) is 0 Å². The molecule has 0 amide bonds. The zero-order valence-corrected chi connectivity index (χ0v) is 10.5. The van der Waals surface area contributed by atoms with Gasteiger partial charge in [-0.05, 0) is 36.6 Å². The predicted molar refractivity (Wildman–Crippen MR) is 76.9 cm³/mol. The highest BCUT2D eigenvalue weighted by Gasteiger charge is 1.92. The molecule has 0 bridgehead atoms. The van der Waals surface area contributed by atoms with Crippen molar-refractivity contribution in [2.24, 2.45) is 0 Å². The Bertz CT molecular complexity index is 452. The molecule has 2 aromatic rings. The fraction of sp³-hybridized carbons (Fsp3) is 0.125. The number of benzene rings is 2. The van der Waals surface area contributed by atoms with E-state index >= 15 is 0 Å². The van der Waals surface area contributed by atoms with Crippen molar-refractivity contribution >= 4 is 11.8 Å². The Balaban J connectivity index is 0.000000171. The van der Waals surface area contributed by atoms with Crippen LogP contribution in [0.25, 0.3) is 6.08 Å². The van der Waals surface area contributed by atoms with Gasteiger partial charge in [0.05, 0.1) is 0 Å². The van der Waals surface area contributed by atoms with Crippen LogP contribution in [0.4, 0.5) is 5.69 Å². The van der Waals surface area contributed by atoms with Gasteiger partial charge in [-0.15, -0.1) is 0 Å². The van der Waals surface area contributed by atoms with E-state index in [0.717, 1.165) is 5.69 Å². The van der Waals surface area contributed by atoms with Crippen molar-refractivity contribution in [3.05, 3.63) is 71.8 Å². The monoisotopic (exact) mass is 225 g/mol. The van der Waals surface area contributed by atoms with E-state index in [-0.39, 0.29) is 0 Å². The molecule has 2 rings (SSSR count). The van der Waals surface area contributed by atoms with Crippen LogP contribution in [0.5, 0.6) is 0 Å². The number of hydrogen-bond donors (Lipinski definition) is 1. The topological polar surface area (TPSA) is 26.0 Å². The lowest BCUT2D eigenvalue weighted by atomic mass is 10.1. The van der Waals surface area contributed by atoms with Crippen molar-refractivity contribution in [2.45, 2.75) is 13.8 Å². The van der Waals surface area contributed by atoms with Crippen molar-refractivity contribution in [3.8, 4) is 0 Å². The molecule has 0 spiro atoms. The fourth-order valence-electron chi connectivity index (χ4n) is 1.36. The first-order valence-electron chi connectivity index (χ1n) is 5.64. The number of aryl methyl sites for hydroxylation is 1. The van der Waals surface area contributed by atoms with Gasteiger partial charge in [-0.2, -0.15) is 0 Å². The predicted octanol–water partition coefficient (Wildman–Crippen LogP) is 4.22. The zero-order chi connectivity index (χ0) is 12.7. The maximum atomic E-state index is 5.62. The number of hydrogen-bond acceptors (Lipinski definition) is 1. The molecule has 0 heterocycles. The molecule has 0 aliphatic carbocycles. The van der Waals surface area contributed by atoms with Gasteiger partial charge in [0.1, 0.15) is 0 Å². The molecule has 2 aromatic carbocycles. The smallest absolute Gasteiger partial charge is 0.0346 e. The molecular weight excluding hydrogens is 206 g/mol. The first-order chi connectivity index (χ1) is 8.15. The second-order valence-electron chi connectivity index (χ2n) is 3.90. The summed E-state index contributed by atoms with van der Waals surface area (Å²) in [5, 5.41) is 0. The first kappa shape index (κ1) is 13.0. The summed E-state index contributed by atoms with van der Waals surface area (Å²) in [7, 11) is 0. The maximum Gasteiger partial charge on any atom is 0.0346 e. The molecule has 17 heavy (non-hydrogen) atoms. The largest absolute Gasteiger partial charge is 0.399 e. The van der Waals surface area contributed by atoms with Crippen LogP contribution in [0.15, 0.2) is 55.1 Å². The Hall–Kier alpha value is -2.02. The molecule has 0 radical (unpaired) electrons. The number of rotatable bonds is 1. The molecule has 0 aromatic heterocycles. The van der Waals surface area contributed by atoms with Crippen LogP contribution in [0, 0.1) is 13.8 Å². The average Bonchev–Trinajstić information content (AvgIpc) is 2.37. The van der Waals surface area contributed by atoms with E-state index in [1.807, 2.05) is 55.5 Å². The summed E-state index contributed by atoms with van der Waals surface area (Å²) in [5.41, 5.74) is 10.1. The first-order valence-corrected chi connectivity index (χ1v) is 5.64.